The summed E-state index contributed by atoms with van der Waals surface area (Å²) in [6, 6.07) is 2.14. The zero-order valence-corrected chi connectivity index (χ0v) is 11.7. The van der Waals surface area contributed by atoms with E-state index in [0.717, 1.165) is 19.2 Å². The summed E-state index contributed by atoms with van der Waals surface area (Å²) in [5.74, 6) is -0.517. The molecule has 2 aromatic rings. The van der Waals surface area contributed by atoms with Gasteiger partial charge in [0.15, 0.2) is 5.82 Å². The van der Waals surface area contributed by atoms with Crippen LogP contribution in [-0.2, 0) is 12.4 Å². The van der Waals surface area contributed by atoms with E-state index in [1.807, 2.05) is 14.0 Å². The second kappa shape index (κ2) is 5.84. The number of hydrogen-bond acceptors (Lipinski definition) is 2. The average Bonchev–Trinajstić information content (AvgIpc) is 2.74. The molecule has 19 heavy (non-hydrogen) atoms. The van der Waals surface area contributed by atoms with Crippen LogP contribution in [0.3, 0.4) is 0 Å². The molecule has 0 unspecified atom stereocenters. The number of halogens is 3. The second-order valence-electron chi connectivity index (χ2n) is 4.46. The van der Waals surface area contributed by atoms with E-state index in [1.165, 1.54) is 6.07 Å². The molecule has 0 aliphatic rings. The molecule has 0 N–H and O–H groups in total. The van der Waals surface area contributed by atoms with E-state index in [0.29, 0.717) is 17.9 Å². The van der Waals surface area contributed by atoms with Crippen molar-refractivity contribution in [3.8, 4) is 0 Å². The number of hydrogen-bond donors (Lipinski definition) is 0. The van der Waals surface area contributed by atoms with Crippen LogP contribution in [0.1, 0.15) is 12.7 Å². The van der Waals surface area contributed by atoms with Gasteiger partial charge in [-0.1, -0.05) is 6.92 Å². The smallest absolute Gasteiger partial charge is 0.153 e. The van der Waals surface area contributed by atoms with Crippen LogP contribution in [0.25, 0.3) is 11.0 Å². The topological polar surface area (TPSA) is 21.1 Å². The minimum atomic E-state index is -0.649. The Bertz CT molecular complexity index is 583. The molecule has 0 saturated carbocycles. The van der Waals surface area contributed by atoms with Crippen LogP contribution in [0, 0.1) is 11.6 Å². The van der Waals surface area contributed by atoms with Crippen molar-refractivity contribution in [2.24, 2.45) is 0 Å². The minimum absolute atomic E-state index is 0.172. The van der Waals surface area contributed by atoms with Crippen LogP contribution in [-0.4, -0.2) is 34.6 Å². The van der Waals surface area contributed by atoms with E-state index < -0.39 is 11.6 Å². The number of fused-ring (bicyclic) bond motifs is 1. The number of benzene rings is 1. The Kier molecular flexibility index (Phi) is 4.37. The fraction of sp³-hybridized carbons (Fsp3) is 0.462. The van der Waals surface area contributed by atoms with Crippen LogP contribution >= 0.6 is 11.6 Å². The molecule has 0 atom stereocenters. The lowest BCUT2D eigenvalue weighted by molar-refractivity contribution is 0.335. The first-order valence-electron chi connectivity index (χ1n) is 6.15. The number of rotatable bonds is 5. The van der Waals surface area contributed by atoms with Gasteiger partial charge in [0.1, 0.15) is 17.2 Å². The van der Waals surface area contributed by atoms with Gasteiger partial charge in [0.2, 0.25) is 0 Å². The number of imidazole rings is 1. The van der Waals surface area contributed by atoms with Crippen molar-refractivity contribution < 1.29 is 8.78 Å². The van der Waals surface area contributed by atoms with Gasteiger partial charge in [0, 0.05) is 19.2 Å². The summed E-state index contributed by atoms with van der Waals surface area (Å²) in [4.78, 5) is 6.26. The maximum Gasteiger partial charge on any atom is 0.153 e. The van der Waals surface area contributed by atoms with Gasteiger partial charge >= 0.3 is 0 Å². The Labute approximate surface area is 115 Å². The largest absolute Gasteiger partial charge is 0.326 e. The van der Waals surface area contributed by atoms with E-state index in [4.69, 9.17) is 11.6 Å². The zero-order valence-electron chi connectivity index (χ0n) is 11.0. The van der Waals surface area contributed by atoms with Gasteiger partial charge in [-0.15, -0.1) is 11.6 Å². The summed E-state index contributed by atoms with van der Waals surface area (Å²) < 4.78 is 28.8. The third kappa shape index (κ3) is 2.87. The molecule has 0 radical (unpaired) electrons. The lowest BCUT2D eigenvalue weighted by Gasteiger charge is -2.15. The number of alkyl halides is 1. The van der Waals surface area contributed by atoms with E-state index in [-0.39, 0.29) is 11.4 Å². The minimum Gasteiger partial charge on any atom is -0.326 e. The van der Waals surface area contributed by atoms with Crippen molar-refractivity contribution in [2.45, 2.75) is 19.3 Å². The van der Waals surface area contributed by atoms with Crippen molar-refractivity contribution in [3.63, 3.8) is 0 Å². The molecule has 2 rings (SSSR count). The van der Waals surface area contributed by atoms with Crippen LogP contribution in [0.2, 0.25) is 0 Å². The van der Waals surface area contributed by atoms with E-state index in [2.05, 4.69) is 9.88 Å². The summed E-state index contributed by atoms with van der Waals surface area (Å²) in [7, 11) is 1.99. The third-order valence-corrected chi connectivity index (χ3v) is 3.46. The summed E-state index contributed by atoms with van der Waals surface area (Å²) in [5, 5.41) is 0. The average molecular weight is 288 g/mol. The molecule has 104 valence electrons. The quantitative estimate of drug-likeness (QED) is 0.788. The standard InChI is InChI=1S/C13H16ClF2N3/c1-3-18(2)4-5-19-11-7-9(15)6-10(16)13(11)17-12(19)8-14/h6-7H,3-5,8H2,1-2H3. The molecule has 1 heterocycles. The fourth-order valence-electron chi connectivity index (χ4n) is 1.98. The molecule has 1 aromatic carbocycles. The Hall–Kier alpha value is -1.20. The highest BCUT2D eigenvalue weighted by atomic mass is 35.5. The highest BCUT2D eigenvalue weighted by Crippen LogP contribution is 2.22. The first kappa shape index (κ1) is 14.2. The van der Waals surface area contributed by atoms with Gasteiger partial charge in [0.05, 0.1) is 11.4 Å². The van der Waals surface area contributed by atoms with Gasteiger partial charge in [-0.05, 0) is 19.7 Å². The third-order valence-electron chi connectivity index (χ3n) is 3.22. The number of nitrogens with zero attached hydrogens (tertiary/aromatic N) is 3. The monoisotopic (exact) mass is 287 g/mol. The Balaban J connectivity index is 2.45. The highest BCUT2D eigenvalue weighted by molar-refractivity contribution is 6.16. The first-order chi connectivity index (χ1) is 9.06. The number of likely N-dealkylation sites (N-methyl/N-ethyl adjacent to an activating group) is 1. The first-order valence-corrected chi connectivity index (χ1v) is 6.69. The molecule has 0 aliphatic carbocycles. The molecular formula is C13H16ClF2N3. The highest BCUT2D eigenvalue weighted by Gasteiger charge is 2.15. The van der Waals surface area contributed by atoms with Crippen LogP contribution < -0.4 is 0 Å². The van der Waals surface area contributed by atoms with Gasteiger partial charge in [0.25, 0.3) is 0 Å². The van der Waals surface area contributed by atoms with Crippen LogP contribution in [0.5, 0.6) is 0 Å². The summed E-state index contributed by atoms with van der Waals surface area (Å²) in [6.45, 7) is 4.33. The van der Waals surface area contributed by atoms with Crippen molar-refractivity contribution in [1.82, 2.24) is 14.5 Å². The predicted molar refractivity (Wildman–Crippen MR) is 72.4 cm³/mol. The van der Waals surface area contributed by atoms with E-state index >= 15 is 0 Å². The molecule has 0 spiro atoms. The molecule has 0 amide bonds. The molecular weight excluding hydrogens is 272 g/mol. The summed E-state index contributed by atoms with van der Waals surface area (Å²) in [5.41, 5.74) is 0.633. The zero-order chi connectivity index (χ0) is 14.0. The van der Waals surface area contributed by atoms with Crippen LogP contribution in [0.15, 0.2) is 12.1 Å². The van der Waals surface area contributed by atoms with Crippen molar-refractivity contribution in [2.75, 3.05) is 20.1 Å². The molecule has 6 heteroatoms. The van der Waals surface area contributed by atoms with Crippen molar-refractivity contribution in [3.05, 3.63) is 29.6 Å². The normalized spacial score (nSPS) is 11.7. The van der Waals surface area contributed by atoms with Gasteiger partial charge < -0.3 is 9.47 Å². The lowest BCUT2D eigenvalue weighted by atomic mass is 10.3. The van der Waals surface area contributed by atoms with Gasteiger partial charge in [-0.3, -0.25) is 0 Å². The summed E-state index contributed by atoms with van der Waals surface area (Å²) >= 11 is 5.83. The molecule has 1 aromatic heterocycles. The lowest BCUT2D eigenvalue weighted by Crippen LogP contribution is -2.23. The second-order valence-corrected chi connectivity index (χ2v) is 4.73. The maximum atomic E-state index is 13.7. The Morgan fingerprint density at radius 3 is 2.74 bits per heavy atom. The molecule has 0 bridgehead atoms. The van der Waals surface area contributed by atoms with Crippen molar-refractivity contribution >= 4 is 22.6 Å². The fourth-order valence-corrected chi connectivity index (χ4v) is 2.18. The van der Waals surface area contributed by atoms with Crippen LogP contribution in [0.4, 0.5) is 8.78 Å². The molecule has 0 fully saturated rings. The number of aromatic nitrogens is 2. The molecule has 0 saturated heterocycles. The van der Waals surface area contributed by atoms with E-state index in [9.17, 15) is 8.78 Å². The molecule has 0 aliphatic heterocycles. The van der Waals surface area contributed by atoms with Gasteiger partial charge in [-0.25, -0.2) is 13.8 Å². The maximum absolute atomic E-state index is 13.7. The molecule has 3 nitrogen and oxygen atoms in total. The summed E-state index contributed by atoms with van der Waals surface area (Å²) in [6.07, 6.45) is 0. The Morgan fingerprint density at radius 2 is 2.11 bits per heavy atom. The Morgan fingerprint density at radius 1 is 1.37 bits per heavy atom. The van der Waals surface area contributed by atoms with Gasteiger partial charge in [-0.2, -0.15) is 0 Å². The predicted octanol–water partition coefficient (Wildman–Crippen LogP) is 3.01. The van der Waals surface area contributed by atoms with E-state index in [1.54, 1.807) is 4.57 Å². The van der Waals surface area contributed by atoms with Crippen molar-refractivity contribution in [1.29, 1.82) is 0 Å². The SMILES string of the molecule is CCN(C)CCn1c(CCl)nc2c(F)cc(F)cc21.